The molecule has 2 atom stereocenters. The molecule has 1 heterocycles. The van der Waals surface area contributed by atoms with Gasteiger partial charge >= 0.3 is 0 Å². The second kappa shape index (κ2) is 5.10. The molecule has 0 amide bonds. The van der Waals surface area contributed by atoms with Crippen LogP contribution in [0.5, 0.6) is 0 Å². The predicted octanol–water partition coefficient (Wildman–Crippen LogP) is 2.45. The van der Waals surface area contributed by atoms with Crippen LogP contribution in [0.2, 0.25) is 0 Å². The quantitative estimate of drug-likeness (QED) is 0.860. The topological polar surface area (TPSA) is 29.3 Å². The van der Waals surface area contributed by atoms with E-state index < -0.39 is 11.6 Å². The Morgan fingerprint density at radius 2 is 2.12 bits per heavy atom. The number of halogens is 2. The normalized spacial score (nSPS) is 23.6. The predicted molar refractivity (Wildman–Crippen MR) is 63.6 cm³/mol. The summed E-state index contributed by atoms with van der Waals surface area (Å²) < 4.78 is 26.0. The number of nitrogens with two attached hydrogens (primary N) is 1. The summed E-state index contributed by atoms with van der Waals surface area (Å²) in [7, 11) is 0. The Morgan fingerprint density at radius 1 is 1.35 bits per heavy atom. The first-order valence-electron chi connectivity index (χ1n) is 6.02. The molecule has 1 aliphatic rings. The third kappa shape index (κ3) is 2.82. The molecule has 4 heteroatoms. The van der Waals surface area contributed by atoms with Gasteiger partial charge in [-0.05, 0) is 44.0 Å². The third-order valence-electron chi connectivity index (χ3n) is 3.46. The summed E-state index contributed by atoms with van der Waals surface area (Å²) >= 11 is 0. The molecular formula is C13H18F2N2. The Hall–Kier alpha value is -1.00. The highest BCUT2D eigenvalue weighted by Crippen LogP contribution is 2.24. The molecular weight excluding hydrogens is 222 g/mol. The van der Waals surface area contributed by atoms with Crippen LogP contribution in [-0.2, 0) is 0 Å². The number of piperidine rings is 1. The van der Waals surface area contributed by atoms with Gasteiger partial charge in [0.25, 0.3) is 0 Å². The molecule has 1 saturated heterocycles. The minimum Gasteiger partial charge on any atom is -0.327 e. The Balaban J connectivity index is 2.12. The molecule has 1 aliphatic heterocycles. The molecule has 0 bridgehead atoms. The average Bonchev–Trinajstić information content (AvgIpc) is 2.32. The second-order valence-electron chi connectivity index (χ2n) is 4.75. The van der Waals surface area contributed by atoms with E-state index in [1.54, 1.807) is 6.07 Å². The molecule has 1 aromatic rings. The lowest BCUT2D eigenvalue weighted by molar-refractivity contribution is 0.159. The van der Waals surface area contributed by atoms with Gasteiger partial charge in [-0.15, -0.1) is 0 Å². The molecule has 1 aromatic carbocycles. The van der Waals surface area contributed by atoms with Crippen molar-refractivity contribution in [3.8, 4) is 0 Å². The van der Waals surface area contributed by atoms with Gasteiger partial charge in [-0.25, -0.2) is 8.78 Å². The van der Waals surface area contributed by atoms with E-state index in [1.165, 1.54) is 12.1 Å². The van der Waals surface area contributed by atoms with Crippen molar-refractivity contribution in [1.82, 2.24) is 4.90 Å². The van der Waals surface area contributed by atoms with Crippen molar-refractivity contribution in [2.45, 2.75) is 31.8 Å². The zero-order chi connectivity index (χ0) is 12.4. The van der Waals surface area contributed by atoms with Crippen molar-refractivity contribution in [1.29, 1.82) is 0 Å². The molecule has 0 radical (unpaired) electrons. The second-order valence-corrected chi connectivity index (χ2v) is 4.75. The summed E-state index contributed by atoms with van der Waals surface area (Å²) in [4.78, 5) is 2.22. The first-order chi connectivity index (χ1) is 8.08. The summed E-state index contributed by atoms with van der Waals surface area (Å²) in [6.45, 7) is 3.79. The fraction of sp³-hybridized carbons (Fsp3) is 0.538. The lowest BCUT2D eigenvalue weighted by atomic mass is 10.0. The molecule has 0 aliphatic carbocycles. The van der Waals surface area contributed by atoms with Crippen molar-refractivity contribution in [3.05, 3.63) is 35.4 Å². The molecule has 0 spiro atoms. The standard InChI is InChI=1S/C13H18F2N2/c1-9(17-6-2-3-11(16)8-17)10-4-5-12(14)13(15)7-10/h4-5,7,9,11H,2-3,6,8,16H2,1H3. The molecule has 0 aromatic heterocycles. The van der Waals surface area contributed by atoms with Crippen molar-refractivity contribution >= 4 is 0 Å². The molecule has 2 N–H and O–H groups in total. The summed E-state index contributed by atoms with van der Waals surface area (Å²) in [5.41, 5.74) is 6.72. The summed E-state index contributed by atoms with van der Waals surface area (Å²) in [6.07, 6.45) is 2.11. The molecule has 2 rings (SSSR count). The van der Waals surface area contributed by atoms with Crippen LogP contribution < -0.4 is 5.73 Å². The van der Waals surface area contributed by atoms with Crippen LogP contribution in [0.3, 0.4) is 0 Å². The van der Waals surface area contributed by atoms with Gasteiger partial charge in [0.1, 0.15) is 0 Å². The van der Waals surface area contributed by atoms with Crippen LogP contribution in [0.15, 0.2) is 18.2 Å². The summed E-state index contributed by atoms with van der Waals surface area (Å²) in [5.74, 6) is -1.58. The van der Waals surface area contributed by atoms with Crippen LogP contribution in [-0.4, -0.2) is 24.0 Å². The highest BCUT2D eigenvalue weighted by molar-refractivity contribution is 5.21. The van der Waals surface area contributed by atoms with Gasteiger partial charge in [-0.2, -0.15) is 0 Å². The summed E-state index contributed by atoms with van der Waals surface area (Å²) in [6, 6.07) is 4.38. The van der Waals surface area contributed by atoms with Crippen LogP contribution >= 0.6 is 0 Å². The first-order valence-corrected chi connectivity index (χ1v) is 6.02. The van der Waals surface area contributed by atoms with Gasteiger partial charge < -0.3 is 5.73 Å². The Labute approximate surface area is 100 Å². The maximum atomic E-state index is 13.2. The Kier molecular flexibility index (Phi) is 3.74. The average molecular weight is 240 g/mol. The van der Waals surface area contributed by atoms with Crippen molar-refractivity contribution in [2.24, 2.45) is 5.73 Å². The van der Waals surface area contributed by atoms with Crippen LogP contribution in [0.25, 0.3) is 0 Å². The van der Waals surface area contributed by atoms with Gasteiger partial charge in [0.2, 0.25) is 0 Å². The molecule has 2 unspecified atom stereocenters. The largest absolute Gasteiger partial charge is 0.327 e. The van der Waals surface area contributed by atoms with Gasteiger partial charge in [0.15, 0.2) is 11.6 Å². The SMILES string of the molecule is CC(c1ccc(F)c(F)c1)N1CCCC(N)C1. The number of hydrogen-bond donors (Lipinski definition) is 1. The molecule has 1 fully saturated rings. The van der Waals surface area contributed by atoms with Gasteiger partial charge in [0.05, 0.1) is 0 Å². The number of hydrogen-bond acceptors (Lipinski definition) is 2. The van der Waals surface area contributed by atoms with Crippen LogP contribution in [0.1, 0.15) is 31.4 Å². The van der Waals surface area contributed by atoms with E-state index in [0.717, 1.165) is 31.5 Å². The van der Waals surface area contributed by atoms with E-state index in [9.17, 15) is 8.78 Å². The molecule has 2 nitrogen and oxygen atoms in total. The monoisotopic (exact) mass is 240 g/mol. The number of likely N-dealkylation sites (tertiary alicyclic amines) is 1. The number of nitrogens with zero attached hydrogens (tertiary/aromatic N) is 1. The fourth-order valence-electron chi connectivity index (χ4n) is 2.38. The van der Waals surface area contributed by atoms with E-state index in [2.05, 4.69) is 4.90 Å². The van der Waals surface area contributed by atoms with Gasteiger partial charge in [0, 0.05) is 18.6 Å². The van der Waals surface area contributed by atoms with Gasteiger partial charge in [-0.3, -0.25) is 4.90 Å². The van der Waals surface area contributed by atoms with Crippen molar-refractivity contribution in [2.75, 3.05) is 13.1 Å². The van der Waals surface area contributed by atoms with Crippen LogP contribution in [0.4, 0.5) is 8.78 Å². The van der Waals surface area contributed by atoms with Gasteiger partial charge in [-0.1, -0.05) is 6.07 Å². The van der Waals surface area contributed by atoms with E-state index in [1.807, 2.05) is 6.92 Å². The first kappa shape index (κ1) is 12.5. The van der Waals surface area contributed by atoms with E-state index in [0.29, 0.717) is 0 Å². The maximum absolute atomic E-state index is 13.2. The minimum atomic E-state index is -0.795. The lowest BCUT2D eigenvalue weighted by Gasteiger charge is -2.35. The third-order valence-corrected chi connectivity index (χ3v) is 3.46. The zero-order valence-corrected chi connectivity index (χ0v) is 10.00. The lowest BCUT2D eigenvalue weighted by Crippen LogP contribution is -2.43. The Bertz CT molecular complexity index is 395. The summed E-state index contributed by atoms with van der Waals surface area (Å²) in [5, 5.41) is 0. The molecule has 17 heavy (non-hydrogen) atoms. The highest BCUT2D eigenvalue weighted by Gasteiger charge is 2.22. The maximum Gasteiger partial charge on any atom is 0.159 e. The Morgan fingerprint density at radius 3 is 2.76 bits per heavy atom. The van der Waals surface area contributed by atoms with E-state index in [-0.39, 0.29) is 12.1 Å². The molecule has 0 saturated carbocycles. The smallest absolute Gasteiger partial charge is 0.159 e. The van der Waals surface area contributed by atoms with Crippen molar-refractivity contribution in [3.63, 3.8) is 0 Å². The molecule has 94 valence electrons. The fourth-order valence-corrected chi connectivity index (χ4v) is 2.38. The number of benzene rings is 1. The minimum absolute atomic E-state index is 0.0800. The highest BCUT2D eigenvalue weighted by atomic mass is 19.2. The van der Waals surface area contributed by atoms with E-state index in [4.69, 9.17) is 5.73 Å². The van der Waals surface area contributed by atoms with Crippen LogP contribution in [0, 0.1) is 11.6 Å². The van der Waals surface area contributed by atoms with Crippen molar-refractivity contribution < 1.29 is 8.78 Å². The van der Waals surface area contributed by atoms with E-state index >= 15 is 0 Å². The zero-order valence-electron chi connectivity index (χ0n) is 10.00. The number of rotatable bonds is 2.